The zero-order valence-electron chi connectivity index (χ0n) is 20.1. The van der Waals surface area contributed by atoms with Gasteiger partial charge in [0, 0.05) is 29.7 Å². The summed E-state index contributed by atoms with van der Waals surface area (Å²) in [5.74, 6) is 0. The molecule has 174 valence electrons. The Kier molecular flexibility index (Phi) is 7.46. The Morgan fingerprint density at radius 3 is 2.30 bits per heavy atom. The van der Waals surface area contributed by atoms with Crippen LogP contribution in [-0.4, -0.2) is 27.0 Å². The summed E-state index contributed by atoms with van der Waals surface area (Å²) in [5.41, 5.74) is 2.81. The molecule has 0 aliphatic carbocycles. The van der Waals surface area contributed by atoms with Crippen LogP contribution in [0.1, 0.15) is 43.4 Å². The SMILES string of the molecule is CCC(C)(CN(CCC#N)c1cccc2ccccc12)NS(=O)(=O)c1c(C)cc(C)cc1C. The van der Waals surface area contributed by atoms with Crippen LogP contribution in [0.25, 0.3) is 10.8 Å². The van der Waals surface area contributed by atoms with Gasteiger partial charge in [-0.2, -0.15) is 5.26 Å². The molecule has 0 aromatic heterocycles. The van der Waals surface area contributed by atoms with Crippen LogP contribution in [0.4, 0.5) is 5.69 Å². The highest BCUT2D eigenvalue weighted by molar-refractivity contribution is 7.89. The van der Waals surface area contributed by atoms with Gasteiger partial charge in [0.15, 0.2) is 0 Å². The molecule has 0 aliphatic rings. The van der Waals surface area contributed by atoms with Crippen molar-refractivity contribution in [3.8, 4) is 6.07 Å². The second kappa shape index (κ2) is 9.94. The van der Waals surface area contributed by atoms with Gasteiger partial charge in [-0.1, -0.05) is 61.0 Å². The molecule has 6 heteroatoms. The molecule has 0 heterocycles. The molecule has 5 nitrogen and oxygen atoms in total. The Bertz CT molecular complexity index is 1270. The summed E-state index contributed by atoms with van der Waals surface area (Å²) in [6.07, 6.45) is 0.954. The van der Waals surface area contributed by atoms with Crippen molar-refractivity contribution >= 4 is 26.5 Å². The normalized spacial score (nSPS) is 13.5. The van der Waals surface area contributed by atoms with E-state index >= 15 is 0 Å². The monoisotopic (exact) mass is 463 g/mol. The maximum absolute atomic E-state index is 13.5. The van der Waals surface area contributed by atoms with Gasteiger partial charge >= 0.3 is 0 Å². The van der Waals surface area contributed by atoms with Gasteiger partial charge in [0.05, 0.1) is 17.4 Å². The zero-order valence-corrected chi connectivity index (χ0v) is 21.0. The number of sulfonamides is 1. The fourth-order valence-corrected chi connectivity index (χ4v) is 6.48. The summed E-state index contributed by atoms with van der Waals surface area (Å²) in [6.45, 7) is 10.5. The Balaban J connectivity index is 1.99. The van der Waals surface area contributed by atoms with E-state index in [9.17, 15) is 13.7 Å². The predicted octanol–water partition coefficient (Wildman–Crippen LogP) is 5.63. The molecular weight excluding hydrogens is 430 g/mol. The van der Waals surface area contributed by atoms with E-state index in [0.717, 1.165) is 33.2 Å². The highest BCUT2D eigenvalue weighted by atomic mass is 32.2. The van der Waals surface area contributed by atoms with E-state index in [1.165, 1.54) is 0 Å². The van der Waals surface area contributed by atoms with E-state index in [1.54, 1.807) is 0 Å². The van der Waals surface area contributed by atoms with Crippen LogP contribution in [-0.2, 0) is 10.0 Å². The van der Waals surface area contributed by atoms with Gasteiger partial charge in [-0.15, -0.1) is 0 Å². The van der Waals surface area contributed by atoms with Crippen molar-refractivity contribution in [1.29, 1.82) is 5.26 Å². The minimum Gasteiger partial charge on any atom is -0.368 e. The van der Waals surface area contributed by atoms with Crippen molar-refractivity contribution in [2.75, 3.05) is 18.0 Å². The molecular formula is C27H33N3O2S. The molecule has 3 aromatic rings. The number of hydrogen-bond donors (Lipinski definition) is 1. The first kappa shape index (κ1) is 24.8. The lowest BCUT2D eigenvalue weighted by Gasteiger charge is -2.37. The standard InChI is InChI=1S/C27H33N3O2S/c1-6-27(5,29-33(31,32)26-21(3)17-20(2)18-22(26)4)19-30(16-10-15-28)25-14-9-12-23-11-7-8-13-24(23)25/h7-9,11-14,17-18,29H,6,10,16,19H2,1-5H3. The summed E-state index contributed by atoms with van der Waals surface area (Å²) < 4.78 is 30.1. The largest absolute Gasteiger partial charge is 0.368 e. The molecule has 1 atom stereocenters. The van der Waals surface area contributed by atoms with Gasteiger partial charge in [0.2, 0.25) is 10.0 Å². The third-order valence-electron chi connectivity index (χ3n) is 6.18. The number of benzene rings is 3. The molecule has 3 rings (SSSR count). The van der Waals surface area contributed by atoms with Crippen molar-refractivity contribution < 1.29 is 8.42 Å². The summed E-state index contributed by atoms with van der Waals surface area (Å²) >= 11 is 0. The van der Waals surface area contributed by atoms with Crippen molar-refractivity contribution in [3.05, 3.63) is 71.3 Å². The molecule has 33 heavy (non-hydrogen) atoms. The number of nitrogens with one attached hydrogen (secondary N) is 1. The lowest BCUT2D eigenvalue weighted by atomic mass is 9.98. The van der Waals surface area contributed by atoms with Crippen LogP contribution >= 0.6 is 0 Å². The van der Waals surface area contributed by atoms with Gasteiger partial charge in [-0.25, -0.2) is 13.1 Å². The number of hydrogen-bond acceptors (Lipinski definition) is 4. The smallest absolute Gasteiger partial charge is 0.241 e. The van der Waals surface area contributed by atoms with Crippen LogP contribution in [0.15, 0.2) is 59.5 Å². The van der Waals surface area contributed by atoms with Crippen molar-refractivity contribution in [2.24, 2.45) is 0 Å². The van der Waals surface area contributed by atoms with Crippen LogP contribution in [0, 0.1) is 32.1 Å². The number of rotatable bonds is 9. The van der Waals surface area contributed by atoms with Crippen LogP contribution in [0.3, 0.4) is 0 Å². The van der Waals surface area contributed by atoms with Crippen LogP contribution in [0.2, 0.25) is 0 Å². The first-order chi connectivity index (χ1) is 15.6. The third-order valence-corrected chi connectivity index (χ3v) is 8.12. The molecule has 0 amide bonds. The number of aryl methyl sites for hydroxylation is 3. The first-order valence-electron chi connectivity index (χ1n) is 11.3. The topological polar surface area (TPSA) is 73.2 Å². The fourth-order valence-electron chi connectivity index (χ4n) is 4.56. The van der Waals surface area contributed by atoms with Crippen LogP contribution < -0.4 is 9.62 Å². The summed E-state index contributed by atoms with van der Waals surface area (Å²) in [7, 11) is -3.74. The Hall–Kier alpha value is -2.88. The molecule has 0 spiro atoms. The summed E-state index contributed by atoms with van der Waals surface area (Å²) in [4.78, 5) is 2.48. The maximum atomic E-state index is 13.5. The van der Waals surface area contributed by atoms with Crippen LogP contribution in [0.5, 0.6) is 0 Å². The Labute approximate surface area is 198 Å². The molecule has 0 aliphatic heterocycles. The number of fused-ring (bicyclic) bond motifs is 1. The van der Waals surface area contributed by atoms with Gasteiger partial charge in [-0.05, 0) is 56.7 Å². The number of nitrogens with zero attached hydrogens (tertiary/aromatic N) is 2. The quantitative estimate of drug-likeness (QED) is 0.446. The number of anilines is 1. The minimum atomic E-state index is -3.74. The van der Waals surface area contributed by atoms with Gasteiger partial charge in [0.25, 0.3) is 0 Å². The lowest BCUT2D eigenvalue weighted by molar-refractivity contribution is 0.399. The van der Waals surface area contributed by atoms with Crippen molar-refractivity contribution in [1.82, 2.24) is 4.72 Å². The van der Waals surface area contributed by atoms with Gasteiger partial charge < -0.3 is 4.90 Å². The molecule has 0 saturated carbocycles. The van der Waals surface area contributed by atoms with E-state index in [2.05, 4.69) is 33.9 Å². The summed E-state index contributed by atoms with van der Waals surface area (Å²) in [5, 5.41) is 11.5. The first-order valence-corrected chi connectivity index (χ1v) is 12.8. The van der Waals surface area contributed by atoms with Gasteiger partial charge in [0.1, 0.15) is 0 Å². The fraction of sp³-hybridized carbons (Fsp3) is 0.370. The van der Waals surface area contributed by atoms with E-state index < -0.39 is 15.6 Å². The lowest BCUT2D eigenvalue weighted by Crippen LogP contribution is -2.53. The molecule has 0 fully saturated rings. The molecule has 1 N–H and O–H groups in total. The van der Waals surface area contributed by atoms with Gasteiger partial charge in [-0.3, -0.25) is 0 Å². The van der Waals surface area contributed by atoms with Crippen molar-refractivity contribution in [3.63, 3.8) is 0 Å². The Morgan fingerprint density at radius 1 is 1.03 bits per heavy atom. The molecule has 1 unspecified atom stereocenters. The minimum absolute atomic E-state index is 0.349. The average Bonchev–Trinajstić information content (AvgIpc) is 2.75. The van der Waals surface area contributed by atoms with Crippen molar-refractivity contribution in [2.45, 2.75) is 57.9 Å². The summed E-state index contributed by atoms with van der Waals surface area (Å²) in [6, 6.07) is 20.3. The molecule has 3 aromatic carbocycles. The zero-order chi connectivity index (χ0) is 24.2. The maximum Gasteiger partial charge on any atom is 0.241 e. The molecule has 0 bridgehead atoms. The van der Waals surface area contributed by atoms with E-state index in [4.69, 9.17) is 0 Å². The number of nitriles is 1. The highest BCUT2D eigenvalue weighted by Crippen LogP contribution is 2.30. The molecule has 0 saturated heterocycles. The Morgan fingerprint density at radius 2 is 1.67 bits per heavy atom. The van der Waals surface area contributed by atoms with E-state index in [0.29, 0.717) is 30.8 Å². The van der Waals surface area contributed by atoms with E-state index in [1.807, 2.05) is 71.0 Å². The highest BCUT2D eigenvalue weighted by Gasteiger charge is 2.33. The third kappa shape index (κ3) is 5.55. The average molecular weight is 464 g/mol. The predicted molar refractivity (Wildman–Crippen MR) is 136 cm³/mol. The van der Waals surface area contributed by atoms with E-state index in [-0.39, 0.29) is 0 Å². The second-order valence-corrected chi connectivity index (χ2v) is 10.7. The second-order valence-electron chi connectivity index (χ2n) is 9.08. The molecule has 0 radical (unpaired) electrons.